The van der Waals surface area contributed by atoms with Crippen molar-refractivity contribution in [3.05, 3.63) is 87.1 Å². The van der Waals surface area contributed by atoms with Crippen molar-refractivity contribution in [1.82, 2.24) is 4.98 Å². The van der Waals surface area contributed by atoms with Crippen molar-refractivity contribution in [1.29, 1.82) is 0 Å². The Kier molecular flexibility index (Phi) is 3.98. The first kappa shape index (κ1) is 15.3. The smallest absolute Gasteiger partial charge is 0.258 e. The van der Waals surface area contributed by atoms with Crippen molar-refractivity contribution in [2.75, 3.05) is 0 Å². The van der Waals surface area contributed by atoms with Crippen molar-refractivity contribution >= 4 is 11.4 Å². The number of hydrogen-bond donors (Lipinski definition) is 0. The van der Waals surface area contributed by atoms with Gasteiger partial charge in [0.25, 0.3) is 11.4 Å². The van der Waals surface area contributed by atoms with Gasteiger partial charge in [0.05, 0.1) is 15.5 Å². The van der Waals surface area contributed by atoms with Gasteiger partial charge in [0.15, 0.2) is 0 Å². The summed E-state index contributed by atoms with van der Waals surface area (Å²) >= 11 is 0. The van der Waals surface area contributed by atoms with Crippen LogP contribution in [0.15, 0.2) is 66.9 Å². The SMILES string of the molecule is O=[N+]([O-])c1ccc(-c2ccc(-c3cccc([N+](=O)[O-])c3)cn2)cc1. The zero-order valence-corrected chi connectivity index (χ0v) is 12.3. The molecule has 3 rings (SSSR count). The third-order valence-corrected chi connectivity index (χ3v) is 3.53. The van der Waals surface area contributed by atoms with Crippen LogP contribution in [-0.2, 0) is 0 Å². The number of pyridine rings is 1. The highest BCUT2D eigenvalue weighted by molar-refractivity contribution is 5.68. The summed E-state index contributed by atoms with van der Waals surface area (Å²) in [5.41, 5.74) is 2.92. The Morgan fingerprint density at radius 3 is 1.96 bits per heavy atom. The van der Waals surface area contributed by atoms with Crippen LogP contribution < -0.4 is 0 Å². The number of rotatable bonds is 4. The second-order valence-corrected chi connectivity index (χ2v) is 5.04. The Morgan fingerprint density at radius 1 is 0.708 bits per heavy atom. The van der Waals surface area contributed by atoms with Crippen LogP contribution >= 0.6 is 0 Å². The van der Waals surface area contributed by atoms with Crippen LogP contribution in [0, 0.1) is 20.2 Å². The van der Waals surface area contributed by atoms with Crippen LogP contribution in [0.25, 0.3) is 22.4 Å². The number of nitro benzene ring substituents is 2. The van der Waals surface area contributed by atoms with Gasteiger partial charge in [-0.15, -0.1) is 0 Å². The fraction of sp³-hybridized carbons (Fsp3) is 0. The monoisotopic (exact) mass is 321 g/mol. The Balaban J connectivity index is 1.89. The van der Waals surface area contributed by atoms with Gasteiger partial charge in [-0.05, 0) is 23.8 Å². The average molecular weight is 321 g/mol. The lowest BCUT2D eigenvalue weighted by molar-refractivity contribution is -0.385. The van der Waals surface area contributed by atoms with E-state index in [1.807, 2.05) is 6.07 Å². The summed E-state index contributed by atoms with van der Waals surface area (Å²) in [5, 5.41) is 21.5. The van der Waals surface area contributed by atoms with Crippen LogP contribution in [0.2, 0.25) is 0 Å². The zero-order valence-electron chi connectivity index (χ0n) is 12.3. The first-order valence-electron chi connectivity index (χ1n) is 7.00. The lowest BCUT2D eigenvalue weighted by atomic mass is 10.1. The van der Waals surface area contributed by atoms with Crippen molar-refractivity contribution in [3.8, 4) is 22.4 Å². The maximum Gasteiger partial charge on any atom is 0.270 e. The summed E-state index contributed by atoms with van der Waals surface area (Å²) < 4.78 is 0. The molecule has 0 fully saturated rings. The summed E-state index contributed by atoms with van der Waals surface area (Å²) in [6.45, 7) is 0. The molecule has 0 saturated heterocycles. The van der Waals surface area contributed by atoms with E-state index in [2.05, 4.69) is 4.98 Å². The van der Waals surface area contributed by atoms with Gasteiger partial charge < -0.3 is 0 Å². The van der Waals surface area contributed by atoms with E-state index in [0.717, 1.165) is 11.1 Å². The Hall–Kier alpha value is -3.61. The molecule has 2 aromatic carbocycles. The van der Waals surface area contributed by atoms with Gasteiger partial charge >= 0.3 is 0 Å². The summed E-state index contributed by atoms with van der Waals surface area (Å²) in [6, 6.07) is 16.0. The van der Waals surface area contributed by atoms with Gasteiger partial charge in [-0.25, -0.2) is 0 Å². The standard InChI is InChI=1S/C17H11N3O4/c21-19(22)15-7-4-12(5-8-15)17-9-6-14(11-18-17)13-2-1-3-16(10-13)20(23)24/h1-11H. The number of nitrogens with zero attached hydrogens (tertiary/aromatic N) is 3. The predicted molar refractivity (Wildman–Crippen MR) is 88.4 cm³/mol. The predicted octanol–water partition coefficient (Wildman–Crippen LogP) is 4.23. The van der Waals surface area contributed by atoms with E-state index in [9.17, 15) is 20.2 Å². The molecule has 0 aliphatic rings. The molecule has 0 aliphatic carbocycles. The molecule has 0 radical (unpaired) electrons. The highest BCUT2D eigenvalue weighted by Gasteiger charge is 2.09. The molecule has 1 heterocycles. The molecule has 3 aromatic rings. The maximum absolute atomic E-state index is 10.8. The van der Waals surface area contributed by atoms with Crippen molar-refractivity contribution in [3.63, 3.8) is 0 Å². The largest absolute Gasteiger partial charge is 0.270 e. The van der Waals surface area contributed by atoms with Crippen LogP contribution in [0.5, 0.6) is 0 Å². The number of benzene rings is 2. The summed E-state index contributed by atoms with van der Waals surface area (Å²) in [5.74, 6) is 0. The highest BCUT2D eigenvalue weighted by Crippen LogP contribution is 2.26. The van der Waals surface area contributed by atoms with Crippen molar-refractivity contribution in [2.24, 2.45) is 0 Å². The quantitative estimate of drug-likeness (QED) is 0.529. The minimum absolute atomic E-state index is 0.0203. The molecule has 0 aliphatic heterocycles. The van der Waals surface area contributed by atoms with Crippen LogP contribution in [-0.4, -0.2) is 14.8 Å². The third-order valence-electron chi connectivity index (χ3n) is 3.53. The number of non-ortho nitro benzene ring substituents is 2. The fourth-order valence-electron chi connectivity index (χ4n) is 2.29. The van der Waals surface area contributed by atoms with E-state index in [4.69, 9.17) is 0 Å². The van der Waals surface area contributed by atoms with E-state index >= 15 is 0 Å². The van der Waals surface area contributed by atoms with E-state index < -0.39 is 9.85 Å². The normalized spacial score (nSPS) is 10.3. The average Bonchev–Trinajstić information content (AvgIpc) is 2.62. The van der Waals surface area contributed by atoms with Crippen LogP contribution in [0.3, 0.4) is 0 Å². The minimum Gasteiger partial charge on any atom is -0.258 e. The van der Waals surface area contributed by atoms with Gasteiger partial charge in [0.1, 0.15) is 0 Å². The number of nitro groups is 2. The second-order valence-electron chi connectivity index (χ2n) is 5.04. The summed E-state index contributed by atoms with van der Waals surface area (Å²) in [6.07, 6.45) is 1.62. The zero-order chi connectivity index (χ0) is 17.1. The number of hydrogen-bond acceptors (Lipinski definition) is 5. The van der Waals surface area contributed by atoms with Crippen molar-refractivity contribution in [2.45, 2.75) is 0 Å². The first-order chi connectivity index (χ1) is 11.5. The molecule has 0 atom stereocenters. The molecule has 0 unspecified atom stereocenters. The molecule has 118 valence electrons. The van der Waals surface area contributed by atoms with Crippen molar-refractivity contribution < 1.29 is 9.85 Å². The lowest BCUT2D eigenvalue weighted by Gasteiger charge is -2.04. The molecule has 0 N–H and O–H groups in total. The molecule has 0 spiro atoms. The fourth-order valence-corrected chi connectivity index (χ4v) is 2.29. The Labute approximate surface area is 136 Å². The molecular formula is C17H11N3O4. The van der Waals surface area contributed by atoms with E-state index in [0.29, 0.717) is 11.3 Å². The maximum atomic E-state index is 10.8. The lowest BCUT2D eigenvalue weighted by Crippen LogP contribution is -1.90. The highest BCUT2D eigenvalue weighted by atomic mass is 16.6. The van der Waals surface area contributed by atoms with E-state index in [1.54, 1.807) is 36.5 Å². The van der Waals surface area contributed by atoms with E-state index in [1.165, 1.54) is 24.3 Å². The van der Waals surface area contributed by atoms with Gasteiger partial charge in [0, 0.05) is 41.6 Å². The Bertz CT molecular complexity index is 906. The Morgan fingerprint density at radius 2 is 1.38 bits per heavy atom. The molecule has 7 nitrogen and oxygen atoms in total. The van der Waals surface area contributed by atoms with Gasteiger partial charge in [0.2, 0.25) is 0 Å². The first-order valence-corrected chi connectivity index (χ1v) is 7.00. The molecule has 7 heteroatoms. The van der Waals surface area contributed by atoms with Crippen LogP contribution in [0.1, 0.15) is 0 Å². The third kappa shape index (κ3) is 3.09. The van der Waals surface area contributed by atoms with E-state index in [-0.39, 0.29) is 11.4 Å². The van der Waals surface area contributed by atoms with Gasteiger partial charge in [-0.2, -0.15) is 0 Å². The number of aromatic nitrogens is 1. The topological polar surface area (TPSA) is 99.2 Å². The minimum atomic E-state index is -0.456. The molecule has 0 amide bonds. The summed E-state index contributed by atoms with van der Waals surface area (Å²) in [4.78, 5) is 24.9. The molecular weight excluding hydrogens is 310 g/mol. The van der Waals surface area contributed by atoms with Gasteiger partial charge in [-0.3, -0.25) is 25.2 Å². The molecule has 0 bridgehead atoms. The van der Waals surface area contributed by atoms with Gasteiger partial charge in [-0.1, -0.05) is 18.2 Å². The van der Waals surface area contributed by atoms with Crippen LogP contribution in [0.4, 0.5) is 11.4 Å². The molecule has 1 aromatic heterocycles. The summed E-state index contributed by atoms with van der Waals surface area (Å²) in [7, 11) is 0. The second kappa shape index (κ2) is 6.25. The molecule has 0 saturated carbocycles. The molecule has 24 heavy (non-hydrogen) atoms.